The van der Waals surface area contributed by atoms with E-state index in [4.69, 9.17) is 9.47 Å². The summed E-state index contributed by atoms with van der Waals surface area (Å²) in [7, 11) is 3.21. The van der Waals surface area contributed by atoms with Crippen LogP contribution in [0.15, 0.2) is 60.8 Å². The Bertz CT molecular complexity index is 1020. The van der Waals surface area contributed by atoms with E-state index in [0.717, 1.165) is 30.8 Å². The molecule has 29 heavy (non-hydrogen) atoms. The minimum absolute atomic E-state index is 0.0294. The molecule has 0 radical (unpaired) electrons. The van der Waals surface area contributed by atoms with Gasteiger partial charge in [-0.1, -0.05) is 18.2 Å². The topological polar surface area (TPSA) is 63.7 Å². The van der Waals surface area contributed by atoms with E-state index in [9.17, 15) is 4.79 Å². The van der Waals surface area contributed by atoms with E-state index < -0.39 is 0 Å². The first-order chi connectivity index (χ1) is 14.2. The highest BCUT2D eigenvalue weighted by Crippen LogP contribution is 2.31. The zero-order valence-corrected chi connectivity index (χ0v) is 16.5. The van der Waals surface area contributed by atoms with E-state index in [-0.39, 0.29) is 5.91 Å². The van der Waals surface area contributed by atoms with Crippen molar-refractivity contribution in [2.75, 3.05) is 31.0 Å². The molecule has 0 unspecified atom stereocenters. The van der Waals surface area contributed by atoms with Gasteiger partial charge in [0.15, 0.2) is 0 Å². The first-order valence-corrected chi connectivity index (χ1v) is 9.54. The van der Waals surface area contributed by atoms with Crippen LogP contribution in [0, 0.1) is 0 Å². The second-order valence-corrected chi connectivity index (χ2v) is 6.81. The molecule has 0 bridgehead atoms. The van der Waals surface area contributed by atoms with Gasteiger partial charge in [0.25, 0.3) is 5.91 Å². The summed E-state index contributed by atoms with van der Waals surface area (Å²) in [6.07, 6.45) is 3.58. The number of anilines is 3. The van der Waals surface area contributed by atoms with E-state index in [0.29, 0.717) is 22.9 Å². The van der Waals surface area contributed by atoms with Gasteiger partial charge in [-0.2, -0.15) is 0 Å². The number of nitrogens with one attached hydrogen (secondary N) is 1. The van der Waals surface area contributed by atoms with Crippen LogP contribution in [0.25, 0.3) is 0 Å². The highest BCUT2D eigenvalue weighted by molar-refractivity contribution is 6.06. The predicted molar refractivity (Wildman–Crippen MR) is 114 cm³/mol. The Morgan fingerprint density at radius 1 is 1.07 bits per heavy atom. The number of amides is 1. The molecule has 1 amide bonds. The number of methoxy groups -OCH3 is 2. The number of aryl methyl sites for hydroxylation is 1. The number of para-hydroxylation sites is 1. The average Bonchev–Trinajstić information content (AvgIpc) is 2.79. The second kappa shape index (κ2) is 8.22. The van der Waals surface area contributed by atoms with Gasteiger partial charge < -0.3 is 19.7 Å². The lowest BCUT2D eigenvalue weighted by Crippen LogP contribution is -2.35. The summed E-state index contributed by atoms with van der Waals surface area (Å²) in [4.78, 5) is 19.3. The molecule has 0 spiro atoms. The summed E-state index contributed by atoms with van der Waals surface area (Å²) in [6, 6.07) is 17.2. The summed E-state index contributed by atoms with van der Waals surface area (Å²) in [5.74, 6) is 1.96. The molecule has 0 saturated carbocycles. The average molecular weight is 389 g/mol. The number of benzene rings is 2. The largest absolute Gasteiger partial charge is 0.497 e. The SMILES string of the molecule is COc1ccc(Nc2ccc(C(=O)N3CCCc4ccccc43)cn2)c(OC)c1. The lowest BCUT2D eigenvalue weighted by molar-refractivity contribution is 0.0985. The van der Waals surface area contributed by atoms with Gasteiger partial charge in [-0.3, -0.25) is 4.79 Å². The van der Waals surface area contributed by atoms with Crippen LogP contribution in [0.3, 0.4) is 0 Å². The third-order valence-electron chi connectivity index (χ3n) is 5.04. The molecule has 1 aliphatic heterocycles. The van der Waals surface area contributed by atoms with Crippen molar-refractivity contribution in [2.45, 2.75) is 12.8 Å². The first kappa shape index (κ1) is 18.8. The minimum Gasteiger partial charge on any atom is -0.497 e. The van der Waals surface area contributed by atoms with E-state index in [1.54, 1.807) is 38.6 Å². The quantitative estimate of drug-likeness (QED) is 0.699. The molecule has 4 rings (SSSR count). The number of carbonyl (C=O) groups excluding carboxylic acids is 1. The van der Waals surface area contributed by atoms with Crippen molar-refractivity contribution in [2.24, 2.45) is 0 Å². The fraction of sp³-hybridized carbons (Fsp3) is 0.217. The van der Waals surface area contributed by atoms with Crippen LogP contribution >= 0.6 is 0 Å². The number of pyridine rings is 1. The Balaban J connectivity index is 1.52. The number of hydrogen-bond donors (Lipinski definition) is 1. The monoisotopic (exact) mass is 389 g/mol. The molecule has 0 fully saturated rings. The molecule has 148 valence electrons. The van der Waals surface area contributed by atoms with Crippen LogP contribution in [0.1, 0.15) is 22.3 Å². The van der Waals surface area contributed by atoms with Crippen LogP contribution in [-0.2, 0) is 6.42 Å². The fourth-order valence-corrected chi connectivity index (χ4v) is 3.53. The number of hydrogen-bond acceptors (Lipinski definition) is 5. The smallest absolute Gasteiger partial charge is 0.259 e. The third kappa shape index (κ3) is 3.87. The third-order valence-corrected chi connectivity index (χ3v) is 5.04. The van der Waals surface area contributed by atoms with Crippen LogP contribution in [0.2, 0.25) is 0 Å². The van der Waals surface area contributed by atoms with Gasteiger partial charge in [0.1, 0.15) is 17.3 Å². The Hall–Kier alpha value is -3.54. The molecule has 2 heterocycles. The molecule has 3 aromatic rings. The molecule has 0 atom stereocenters. The van der Waals surface area contributed by atoms with E-state index in [1.165, 1.54) is 5.56 Å². The van der Waals surface area contributed by atoms with Crippen molar-refractivity contribution in [1.82, 2.24) is 4.98 Å². The number of nitrogens with zero attached hydrogens (tertiary/aromatic N) is 2. The van der Waals surface area contributed by atoms with Crippen LogP contribution in [0.5, 0.6) is 11.5 Å². The second-order valence-electron chi connectivity index (χ2n) is 6.81. The van der Waals surface area contributed by atoms with Crippen LogP contribution < -0.4 is 19.7 Å². The summed E-state index contributed by atoms with van der Waals surface area (Å²) in [5.41, 5.74) is 3.54. The minimum atomic E-state index is -0.0294. The molecular formula is C23H23N3O3. The van der Waals surface area contributed by atoms with Gasteiger partial charge in [-0.05, 0) is 48.7 Å². The lowest BCUT2D eigenvalue weighted by atomic mass is 10.0. The standard InChI is InChI=1S/C23H23N3O3/c1-28-18-10-11-19(21(14-18)29-2)25-22-12-9-17(15-24-22)23(27)26-13-5-7-16-6-3-4-8-20(16)26/h3-4,6,8-12,14-15H,5,7,13H2,1-2H3,(H,24,25). The number of carbonyl (C=O) groups is 1. The van der Waals surface area contributed by atoms with Gasteiger partial charge in [-0.25, -0.2) is 4.98 Å². The van der Waals surface area contributed by atoms with Gasteiger partial charge >= 0.3 is 0 Å². The number of aromatic nitrogens is 1. The van der Waals surface area contributed by atoms with Crippen molar-refractivity contribution in [3.8, 4) is 11.5 Å². The van der Waals surface area contributed by atoms with Crippen molar-refractivity contribution in [3.05, 3.63) is 71.9 Å². The summed E-state index contributed by atoms with van der Waals surface area (Å²) in [6.45, 7) is 0.721. The van der Waals surface area contributed by atoms with Crippen molar-refractivity contribution >= 4 is 23.1 Å². The van der Waals surface area contributed by atoms with E-state index in [2.05, 4.69) is 16.4 Å². The molecule has 1 aliphatic rings. The molecule has 1 aromatic heterocycles. The molecule has 2 aromatic carbocycles. The number of rotatable bonds is 5. The molecule has 0 saturated heterocycles. The van der Waals surface area contributed by atoms with Crippen LogP contribution in [0.4, 0.5) is 17.2 Å². The van der Waals surface area contributed by atoms with E-state index in [1.807, 2.05) is 35.2 Å². The Labute approximate surface area is 170 Å². The number of ether oxygens (including phenoxy) is 2. The molecule has 0 aliphatic carbocycles. The Morgan fingerprint density at radius 3 is 2.69 bits per heavy atom. The van der Waals surface area contributed by atoms with Crippen molar-refractivity contribution < 1.29 is 14.3 Å². The van der Waals surface area contributed by atoms with Crippen molar-refractivity contribution in [3.63, 3.8) is 0 Å². The maximum atomic E-state index is 13.0. The summed E-state index contributed by atoms with van der Waals surface area (Å²) >= 11 is 0. The zero-order chi connectivity index (χ0) is 20.2. The zero-order valence-electron chi connectivity index (χ0n) is 16.5. The molecule has 1 N–H and O–H groups in total. The van der Waals surface area contributed by atoms with Gasteiger partial charge in [-0.15, -0.1) is 0 Å². The van der Waals surface area contributed by atoms with Gasteiger partial charge in [0, 0.05) is 24.5 Å². The normalized spacial score (nSPS) is 12.8. The van der Waals surface area contributed by atoms with Gasteiger partial charge in [0.2, 0.25) is 0 Å². The van der Waals surface area contributed by atoms with E-state index >= 15 is 0 Å². The van der Waals surface area contributed by atoms with Crippen LogP contribution in [-0.4, -0.2) is 31.7 Å². The maximum absolute atomic E-state index is 13.0. The highest BCUT2D eigenvalue weighted by Gasteiger charge is 2.23. The Kier molecular flexibility index (Phi) is 5.33. The van der Waals surface area contributed by atoms with Gasteiger partial charge in [0.05, 0.1) is 25.5 Å². The maximum Gasteiger partial charge on any atom is 0.259 e. The molecular weight excluding hydrogens is 366 g/mol. The summed E-state index contributed by atoms with van der Waals surface area (Å²) in [5, 5.41) is 3.22. The lowest BCUT2D eigenvalue weighted by Gasteiger charge is -2.29. The first-order valence-electron chi connectivity index (χ1n) is 9.54. The predicted octanol–water partition coefficient (Wildman–Crippen LogP) is 4.44. The molecule has 6 nitrogen and oxygen atoms in total. The highest BCUT2D eigenvalue weighted by atomic mass is 16.5. The number of fused-ring (bicyclic) bond motifs is 1. The van der Waals surface area contributed by atoms with Crippen molar-refractivity contribution in [1.29, 1.82) is 0 Å². The summed E-state index contributed by atoms with van der Waals surface area (Å²) < 4.78 is 10.6. The Morgan fingerprint density at radius 2 is 1.93 bits per heavy atom. The fourth-order valence-electron chi connectivity index (χ4n) is 3.53. The molecule has 6 heteroatoms.